The summed E-state index contributed by atoms with van der Waals surface area (Å²) in [6.07, 6.45) is 12.5. The summed E-state index contributed by atoms with van der Waals surface area (Å²) in [5, 5.41) is 2.74. The summed E-state index contributed by atoms with van der Waals surface area (Å²) < 4.78 is 0. The minimum absolute atomic E-state index is 0.166. The van der Waals surface area contributed by atoms with Gasteiger partial charge >= 0.3 is 0 Å². The van der Waals surface area contributed by atoms with E-state index in [0.29, 0.717) is 5.70 Å². The standard InChI is InChI=1S/C14H17N3O/c1-4-6-7-8-12(5-2)17-14(18)13-15-9-11(3)10-16-13/h4-10H,1-3H3,(H,17,18)/b6-4-,8-7-,12-5+. The molecule has 0 atom stereocenters. The molecule has 0 saturated carbocycles. The van der Waals surface area contributed by atoms with E-state index in [2.05, 4.69) is 15.3 Å². The third kappa shape index (κ3) is 4.33. The second-order valence-corrected chi connectivity index (χ2v) is 3.67. The summed E-state index contributed by atoms with van der Waals surface area (Å²) >= 11 is 0. The quantitative estimate of drug-likeness (QED) is 0.827. The number of allylic oxidation sites excluding steroid dienone is 5. The summed E-state index contributed by atoms with van der Waals surface area (Å²) in [7, 11) is 0. The molecule has 18 heavy (non-hydrogen) atoms. The summed E-state index contributed by atoms with van der Waals surface area (Å²) in [5.74, 6) is -0.146. The highest BCUT2D eigenvalue weighted by Gasteiger charge is 2.08. The molecule has 0 aromatic carbocycles. The minimum Gasteiger partial charge on any atom is -0.320 e. The first-order chi connectivity index (χ1) is 8.67. The van der Waals surface area contributed by atoms with Gasteiger partial charge in [0.15, 0.2) is 0 Å². The van der Waals surface area contributed by atoms with Crippen LogP contribution < -0.4 is 5.32 Å². The number of hydrogen-bond acceptors (Lipinski definition) is 3. The highest BCUT2D eigenvalue weighted by atomic mass is 16.2. The van der Waals surface area contributed by atoms with E-state index in [9.17, 15) is 4.79 Å². The van der Waals surface area contributed by atoms with Crippen molar-refractivity contribution in [1.82, 2.24) is 15.3 Å². The number of carbonyl (C=O) groups excluding carboxylic acids is 1. The summed E-state index contributed by atoms with van der Waals surface area (Å²) in [6.45, 7) is 5.66. The molecule has 1 aromatic heterocycles. The molecule has 1 rings (SSSR count). The van der Waals surface area contributed by atoms with Crippen LogP contribution in [0.5, 0.6) is 0 Å². The zero-order valence-corrected chi connectivity index (χ0v) is 10.8. The Bertz CT molecular complexity index is 484. The molecule has 0 bridgehead atoms. The van der Waals surface area contributed by atoms with Crippen LogP contribution in [0.3, 0.4) is 0 Å². The number of nitrogens with one attached hydrogen (secondary N) is 1. The van der Waals surface area contributed by atoms with Crippen LogP contribution in [0.15, 0.2) is 48.5 Å². The summed E-state index contributed by atoms with van der Waals surface area (Å²) in [6, 6.07) is 0. The van der Waals surface area contributed by atoms with E-state index in [1.165, 1.54) is 0 Å². The molecular weight excluding hydrogens is 226 g/mol. The molecule has 0 radical (unpaired) electrons. The zero-order valence-electron chi connectivity index (χ0n) is 10.8. The molecule has 4 heteroatoms. The molecule has 0 aliphatic heterocycles. The van der Waals surface area contributed by atoms with Gasteiger partial charge in [0, 0.05) is 18.1 Å². The van der Waals surface area contributed by atoms with Gasteiger partial charge in [0.1, 0.15) is 0 Å². The Balaban J connectivity index is 2.71. The summed E-state index contributed by atoms with van der Waals surface area (Å²) in [5.41, 5.74) is 1.63. The van der Waals surface area contributed by atoms with Gasteiger partial charge < -0.3 is 5.32 Å². The van der Waals surface area contributed by atoms with Crippen LogP contribution in [0.2, 0.25) is 0 Å². The predicted molar refractivity (Wildman–Crippen MR) is 71.9 cm³/mol. The number of rotatable bonds is 4. The van der Waals surface area contributed by atoms with Crippen molar-refractivity contribution in [2.24, 2.45) is 0 Å². The monoisotopic (exact) mass is 243 g/mol. The Hall–Kier alpha value is -2.23. The van der Waals surface area contributed by atoms with Gasteiger partial charge in [-0.3, -0.25) is 4.79 Å². The summed E-state index contributed by atoms with van der Waals surface area (Å²) in [4.78, 5) is 19.8. The van der Waals surface area contributed by atoms with E-state index < -0.39 is 0 Å². The first-order valence-electron chi connectivity index (χ1n) is 5.73. The molecule has 0 aliphatic rings. The van der Waals surface area contributed by atoms with Crippen molar-refractivity contribution in [1.29, 1.82) is 0 Å². The van der Waals surface area contributed by atoms with Crippen molar-refractivity contribution in [3.8, 4) is 0 Å². The molecule has 0 unspecified atom stereocenters. The Morgan fingerprint density at radius 3 is 2.44 bits per heavy atom. The van der Waals surface area contributed by atoms with Crippen molar-refractivity contribution in [2.75, 3.05) is 0 Å². The van der Waals surface area contributed by atoms with Crippen molar-refractivity contribution in [2.45, 2.75) is 20.8 Å². The molecular formula is C14H17N3O. The van der Waals surface area contributed by atoms with E-state index in [1.807, 2.05) is 51.2 Å². The van der Waals surface area contributed by atoms with Crippen LogP contribution in [0, 0.1) is 6.92 Å². The molecule has 0 spiro atoms. The number of aromatic nitrogens is 2. The van der Waals surface area contributed by atoms with Crippen molar-refractivity contribution in [3.63, 3.8) is 0 Å². The number of hydrogen-bond donors (Lipinski definition) is 1. The predicted octanol–water partition coefficient (Wildman–Crippen LogP) is 2.55. The van der Waals surface area contributed by atoms with Crippen molar-refractivity contribution < 1.29 is 4.79 Å². The van der Waals surface area contributed by atoms with Crippen molar-refractivity contribution in [3.05, 3.63) is 59.9 Å². The average molecular weight is 243 g/mol. The normalized spacial score (nSPS) is 12.3. The molecule has 0 aliphatic carbocycles. The van der Waals surface area contributed by atoms with E-state index in [0.717, 1.165) is 5.56 Å². The Morgan fingerprint density at radius 2 is 1.89 bits per heavy atom. The number of aryl methyl sites for hydroxylation is 1. The van der Waals surface area contributed by atoms with E-state index in [1.54, 1.807) is 12.4 Å². The van der Waals surface area contributed by atoms with E-state index in [-0.39, 0.29) is 11.7 Å². The third-order valence-corrected chi connectivity index (χ3v) is 2.13. The lowest BCUT2D eigenvalue weighted by molar-refractivity contribution is 0.0956. The number of amides is 1. The molecule has 1 aromatic rings. The van der Waals surface area contributed by atoms with Gasteiger partial charge in [0.25, 0.3) is 5.91 Å². The lowest BCUT2D eigenvalue weighted by Gasteiger charge is -2.04. The average Bonchev–Trinajstić information content (AvgIpc) is 2.38. The maximum atomic E-state index is 11.8. The third-order valence-electron chi connectivity index (χ3n) is 2.13. The second-order valence-electron chi connectivity index (χ2n) is 3.67. The molecule has 4 nitrogen and oxygen atoms in total. The van der Waals surface area contributed by atoms with Crippen LogP contribution in [0.25, 0.3) is 0 Å². The van der Waals surface area contributed by atoms with Gasteiger partial charge in [-0.2, -0.15) is 0 Å². The fourth-order valence-electron chi connectivity index (χ4n) is 1.18. The SMILES string of the molecule is C\C=C/C=C\C(=C/C)NC(=O)c1ncc(C)cn1. The fraction of sp³-hybridized carbons (Fsp3) is 0.214. The molecule has 1 amide bonds. The molecule has 0 fully saturated rings. The van der Waals surface area contributed by atoms with Crippen LogP contribution in [-0.2, 0) is 0 Å². The topological polar surface area (TPSA) is 54.9 Å². The van der Waals surface area contributed by atoms with Gasteiger partial charge in [0.05, 0.1) is 0 Å². The van der Waals surface area contributed by atoms with Crippen LogP contribution in [0.1, 0.15) is 30.0 Å². The first-order valence-corrected chi connectivity index (χ1v) is 5.73. The van der Waals surface area contributed by atoms with Crippen LogP contribution in [0.4, 0.5) is 0 Å². The van der Waals surface area contributed by atoms with Gasteiger partial charge in [-0.15, -0.1) is 0 Å². The van der Waals surface area contributed by atoms with Gasteiger partial charge in [-0.1, -0.05) is 24.3 Å². The van der Waals surface area contributed by atoms with Gasteiger partial charge in [-0.05, 0) is 32.4 Å². The lowest BCUT2D eigenvalue weighted by atomic mass is 10.3. The largest absolute Gasteiger partial charge is 0.320 e. The fourth-order valence-corrected chi connectivity index (χ4v) is 1.18. The Kier molecular flexibility index (Phi) is 5.51. The van der Waals surface area contributed by atoms with Gasteiger partial charge in [0.2, 0.25) is 5.82 Å². The van der Waals surface area contributed by atoms with Crippen LogP contribution >= 0.6 is 0 Å². The Labute approximate surface area is 107 Å². The highest BCUT2D eigenvalue weighted by Crippen LogP contribution is 1.97. The maximum absolute atomic E-state index is 11.8. The number of nitrogens with zero attached hydrogens (tertiary/aromatic N) is 2. The first kappa shape index (κ1) is 13.8. The second kappa shape index (κ2) is 7.17. The van der Waals surface area contributed by atoms with Crippen LogP contribution in [-0.4, -0.2) is 15.9 Å². The van der Waals surface area contributed by atoms with Crippen molar-refractivity contribution >= 4 is 5.91 Å². The zero-order chi connectivity index (χ0) is 13.4. The smallest absolute Gasteiger partial charge is 0.293 e. The Morgan fingerprint density at radius 1 is 1.22 bits per heavy atom. The van der Waals surface area contributed by atoms with Gasteiger partial charge in [-0.25, -0.2) is 9.97 Å². The highest BCUT2D eigenvalue weighted by molar-refractivity contribution is 5.91. The number of carbonyl (C=O) groups is 1. The molecule has 1 N–H and O–H groups in total. The molecule has 94 valence electrons. The van der Waals surface area contributed by atoms with E-state index in [4.69, 9.17) is 0 Å². The minimum atomic E-state index is -0.312. The molecule has 1 heterocycles. The molecule has 0 saturated heterocycles. The maximum Gasteiger partial charge on any atom is 0.293 e. The lowest BCUT2D eigenvalue weighted by Crippen LogP contribution is -2.24. The van der Waals surface area contributed by atoms with E-state index >= 15 is 0 Å².